The number of phenolic OH excluding ortho intramolecular Hbond substituents is 1. The summed E-state index contributed by atoms with van der Waals surface area (Å²) in [6.07, 6.45) is 1.88. The standard InChI is InChI=1S/C63H63N3O/c1-40(2)41-25-27-44(28-26-41)45-29-30-64-56(36-45)49-32-46(42-19-14-12-15-20-42)31-48(33-49)53-23-18-24-57-58(53)65-60(54-38-51(62(6,7)8)39-55(59(54)67)63(9,10)11)66(57)52-35-47(43-21-16-13-17-22-43)34-50(37-52)61(3,4)5/h12-40,67H,1-11H3/i40D. The highest BCUT2D eigenvalue weighted by atomic mass is 16.3. The van der Waals surface area contributed by atoms with E-state index in [0.717, 1.165) is 89.2 Å². The molecule has 0 saturated carbocycles. The lowest BCUT2D eigenvalue weighted by Gasteiger charge is -2.28. The second-order valence-electron chi connectivity index (χ2n) is 21.4. The van der Waals surface area contributed by atoms with E-state index in [1.54, 1.807) is 0 Å². The topological polar surface area (TPSA) is 50.9 Å². The molecule has 0 aliphatic heterocycles. The lowest BCUT2D eigenvalue weighted by Crippen LogP contribution is -2.17. The van der Waals surface area contributed by atoms with Gasteiger partial charge in [0.15, 0.2) is 0 Å². The fourth-order valence-corrected chi connectivity index (χ4v) is 9.05. The molecule has 2 aromatic heterocycles. The van der Waals surface area contributed by atoms with Gasteiger partial charge in [-0.15, -0.1) is 0 Å². The third-order valence-corrected chi connectivity index (χ3v) is 13.1. The highest BCUT2D eigenvalue weighted by Crippen LogP contribution is 2.46. The molecule has 0 fully saturated rings. The molecule has 0 amide bonds. The van der Waals surface area contributed by atoms with E-state index in [1.807, 2.05) is 32.2 Å². The number of nitrogens with zero attached hydrogens (tertiary/aromatic N) is 3. The van der Waals surface area contributed by atoms with Gasteiger partial charge < -0.3 is 5.11 Å². The first-order valence-electron chi connectivity index (χ1n) is 24.0. The summed E-state index contributed by atoms with van der Waals surface area (Å²) in [6, 6.07) is 58.0. The van der Waals surface area contributed by atoms with E-state index >= 15 is 0 Å². The van der Waals surface area contributed by atoms with E-state index in [1.165, 1.54) is 5.56 Å². The third kappa shape index (κ3) is 9.10. The van der Waals surface area contributed by atoms with Gasteiger partial charge in [-0.05, 0) is 132 Å². The van der Waals surface area contributed by atoms with Crippen molar-refractivity contribution >= 4 is 11.0 Å². The number of benzene rings is 7. The summed E-state index contributed by atoms with van der Waals surface area (Å²) in [7, 11) is 0. The van der Waals surface area contributed by atoms with Crippen LogP contribution in [-0.2, 0) is 16.2 Å². The van der Waals surface area contributed by atoms with Crippen molar-refractivity contribution < 1.29 is 6.48 Å². The molecule has 0 unspecified atom stereocenters. The molecule has 0 aliphatic rings. The van der Waals surface area contributed by atoms with Crippen molar-refractivity contribution in [1.29, 1.82) is 0 Å². The SMILES string of the molecule is [2H]C(C)(C)c1ccc(-c2ccnc(-c3cc(-c4ccccc4)cc(-c4cccc5c4nc(-c4cc(C(C)(C)C)cc(C(C)(C)C)c4O)n5-c4cc(-c5ccccc5)cc(C(C)(C)C)c4)c3)c2)cc1. The number of pyridine rings is 1. The van der Waals surface area contributed by atoms with E-state index in [-0.39, 0.29) is 22.0 Å². The molecule has 0 aliphatic carbocycles. The van der Waals surface area contributed by atoms with Gasteiger partial charge in [-0.3, -0.25) is 9.55 Å². The molecule has 9 rings (SSSR count). The molecule has 0 atom stereocenters. The van der Waals surface area contributed by atoms with Crippen LogP contribution in [0.1, 0.15) is 106 Å². The average Bonchev–Trinajstić information content (AvgIpc) is 3.70. The van der Waals surface area contributed by atoms with E-state index in [0.29, 0.717) is 11.4 Å². The van der Waals surface area contributed by atoms with E-state index in [2.05, 4.69) is 219 Å². The number of aromatic hydroxyl groups is 1. The number of hydrogen-bond donors (Lipinski definition) is 1. The Hall–Kier alpha value is -7.04. The van der Waals surface area contributed by atoms with Crippen LogP contribution >= 0.6 is 0 Å². The Labute approximate surface area is 399 Å². The zero-order chi connectivity index (χ0) is 48.3. The monoisotopic (exact) mass is 879 g/mol. The maximum Gasteiger partial charge on any atom is 0.149 e. The zero-order valence-corrected chi connectivity index (χ0v) is 41.0. The van der Waals surface area contributed by atoms with E-state index in [9.17, 15) is 5.11 Å². The summed E-state index contributed by atoms with van der Waals surface area (Å²) in [5.74, 6) is 0.250. The van der Waals surface area contributed by atoms with Gasteiger partial charge in [0.1, 0.15) is 11.6 Å². The quantitative estimate of drug-likeness (QED) is 0.165. The number of fused-ring (bicyclic) bond motifs is 1. The van der Waals surface area contributed by atoms with Crippen LogP contribution in [0.2, 0.25) is 0 Å². The lowest BCUT2D eigenvalue weighted by molar-refractivity contribution is 0.446. The first-order chi connectivity index (χ1) is 32.1. The molecular formula is C63H63N3O. The first kappa shape index (κ1) is 43.8. The van der Waals surface area contributed by atoms with Crippen molar-refractivity contribution in [3.63, 3.8) is 0 Å². The van der Waals surface area contributed by atoms with Crippen LogP contribution in [0.3, 0.4) is 0 Å². The van der Waals surface area contributed by atoms with Crippen LogP contribution in [-0.4, -0.2) is 19.6 Å². The largest absolute Gasteiger partial charge is 0.507 e. The van der Waals surface area contributed by atoms with Gasteiger partial charge in [-0.25, -0.2) is 4.98 Å². The molecule has 0 spiro atoms. The highest BCUT2D eigenvalue weighted by molar-refractivity contribution is 5.98. The minimum absolute atomic E-state index is 0.156. The van der Waals surface area contributed by atoms with Gasteiger partial charge >= 0.3 is 0 Å². The predicted octanol–water partition coefficient (Wildman–Crippen LogP) is 17.1. The molecule has 336 valence electrons. The Bertz CT molecular complexity index is 3300. The molecule has 0 saturated heterocycles. The molecule has 4 heteroatoms. The van der Waals surface area contributed by atoms with Crippen molar-refractivity contribution in [2.24, 2.45) is 0 Å². The molecule has 7 aromatic carbocycles. The fraction of sp³-hybridized carbons (Fsp3) is 0.238. The molecule has 2 heterocycles. The fourth-order valence-electron chi connectivity index (χ4n) is 9.05. The number of rotatable bonds is 8. The van der Waals surface area contributed by atoms with Crippen molar-refractivity contribution in [1.82, 2.24) is 14.5 Å². The van der Waals surface area contributed by atoms with Crippen LogP contribution < -0.4 is 0 Å². The number of aromatic nitrogens is 3. The maximum absolute atomic E-state index is 12.6. The maximum atomic E-state index is 12.6. The molecular weight excluding hydrogens is 815 g/mol. The van der Waals surface area contributed by atoms with Gasteiger partial charge in [-0.2, -0.15) is 0 Å². The minimum atomic E-state index is -0.677. The highest BCUT2D eigenvalue weighted by Gasteiger charge is 2.29. The zero-order valence-electron chi connectivity index (χ0n) is 42.0. The van der Waals surface area contributed by atoms with Crippen LogP contribution in [0.25, 0.3) is 83.9 Å². The van der Waals surface area contributed by atoms with Crippen LogP contribution in [0.5, 0.6) is 5.75 Å². The Morgan fingerprint density at radius 2 is 1.07 bits per heavy atom. The number of phenols is 1. The number of para-hydroxylation sites is 1. The van der Waals surface area contributed by atoms with Gasteiger partial charge in [0, 0.05) is 29.9 Å². The van der Waals surface area contributed by atoms with Crippen LogP contribution in [0.15, 0.2) is 170 Å². The minimum Gasteiger partial charge on any atom is -0.507 e. The summed E-state index contributed by atoms with van der Waals surface area (Å²) in [4.78, 5) is 10.7. The summed E-state index contributed by atoms with van der Waals surface area (Å²) in [6.45, 7) is 23.8. The summed E-state index contributed by atoms with van der Waals surface area (Å²) in [5, 5.41) is 12.6. The molecule has 1 N–H and O–H groups in total. The Balaban J connectivity index is 1.33. The second kappa shape index (κ2) is 17.3. The molecule has 4 nitrogen and oxygen atoms in total. The normalized spacial score (nSPS) is 12.7. The number of hydrogen-bond acceptors (Lipinski definition) is 3. The van der Waals surface area contributed by atoms with Gasteiger partial charge in [0.2, 0.25) is 0 Å². The molecule has 9 aromatic rings. The van der Waals surface area contributed by atoms with E-state index in [4.69, 9.17) is 11.3 Å². The van der Waals surface area contributed by atoms with Crippen LogP contribution in [0, 0.1) is 0 Å². The third-order valence-electron chi connectivity index (χ3n) is 13.1. The lowest BCUT2D eigenvalue weighted by atomic mass is 9.79. The average molecular weight is 879 g/mol. The van der Waals surface area contributed by atoms with Gasteiger partial charge in [0.05, 0.1) is 22.3 Å². The van der Waals surface area contributed by atoms with E-state index < -0.39 is 5.89 Å². The summed E-state index contributed by atoms with van der Waals surface area (Å²) >= 11 is 0. The van der Waals surface area contributed by atoms with Crippen molar-refractivity contribution in [3.05, 3.63) is 192 Å². The first-order valence-corrected chi connectivity index (χ1v) is 23.5. The Morgan fingerprint density at radius 1 is 0.493 bits per heavy atom. The second-order valence-corrected chi connectivity index (χ2v) is 21.4. The summed E-state index contributed by atoms with van der Waals surface area (Å²) < 4.78 is 10.8. The van der Waals surface area contributed by atoms with Gasteiger partial charge in [-0.1, -0.05) is 185 Å². The number of imidazole rings is 1. The molecule has 67 heavy (non-hydrogen) atoms. The molecule has 0 bridgehead atoms. The summed E-state index contributed by atoms with van der Waals surface area (Å²) in [5.41, 5.74) is 17.3. The molecule has 0 radical (unpaired) electrons. The van der Waals surface area contributed by atoms with Crippen molar-refractivity contribution in [2.45, 2.75) is 98.3 Å². The smallest absolute Gasteiger partial charge is 0.149 e. The van der Waals surface area contributed by atoms with Gasteiger partial charge in [0.25, 0.3) is 0 Å². The predicted molar refractivity (Wildman–Crippen MR) is 283 cm³/mol. The van der Waals surface area contributed by atoms with Crippen molar-refractivity contribution in [3.8, 4) is 78.6 Å². The Kier molecular flexibility index (Phi) is 11.3. The van der Waals surface area contributed by atoms with Crippen LogP contribution in [0.4, 0.5) is 0 Å². The Morgan fingerprint density at radius 3 is 1.69 bits per heavy atom. The van der Waals surface area contributed by atoms with Crippen molar-refractivity contribution in [2.75, 3.05) is 0 Å².